The predicted molar refractivity (Wildman–Crippen MR) is 44.3 cm³/mol. The van der Waals surface area contributed by atoms with Crippen molar-refractivity contribution in [1.82, 2.24) is 4.72 Å². The number of carboxylic acids is 1. The molecule has 0 fully saturated rings. The van der Waals surface area contributed by atoms with Crippen LogP contribution in [0.15, 0.2) is 0 Å². The summed E-state index contributed by atoms with van der Waals surface area (Å²) in [6.45, 7) is 3.36. The molecule has 0 saturated heterocycles. The van der Waals surface area contributed by atoms with E-state index in [4.69, 9.17) is 5.11 Å². The first-order valence-corrected chi connectivity index (χ1v) is 5.20. The summed E-state index contributed by atoms with van der Waals surface area (Å²) < 4.78 is 24.2. The lowest BCUT2D eigenvalue weighted by Crippen LogP contribution is -2.32. The molecule has 0 aromatic carbocycles. The summed E-state index contributed by atoms with van der Waals surface area (Å²) in [7, 11) is -3.41. The molecule has 0 saturated carbocycles. The van der Waals surface area contributed by atoms with Crippen molar-refractivity contribution >= 4 is 16.0 Å². The minimum atomic E-state index is -3.41. The topological polar surface area (TPSA) is 83.5 Å². The van der Waals surface area contributed by atoms with Gasteiger partial charge in [0.05, 0.1) is 12.2 Å². The van der Waals surface area contributed by atoms with Crippen LogP contribution in [0.5, 0.6) is 0 Å². The van der Waals surface area contributed by atoms with Gasteiger partial charge < -0.3 is 5.11 Å². The van der Waals surface area contributed by atoms with Gasteiger partial charge in [0.1, 0.15) is 0 Å². The predicted octanol–water partition coefficient (Wildman–Crippen LogP) is -0.211. The number of hydrogen-bond donors (Lipinski definition) is 2. The van der Waals surface area contributed by atoms with Gasteiger partial charge in [-0.05, 0) is 13.8 Å². The molecule has 2 N–H and O–H groups in total. The maximum Gasteiger partial charge on any atom is 0.304 e. The molecule has 0 aliphatic heterocycles. The molecule has 0 aromatic rings. The van der Waals surface area contributed by atoms with Gasteiger partial charge in [-0.2, -0.15) is 0 Å². The van der Waals surface area contributed by atoms with Crippen LogP contribution in [0.1, 0.15) is 20.3 Å². The average molecular weight is 195 g/mol. The molecule has 12 heavy (non-hydrogen) atoms. The lowest BCUT2D eigenvalue weighted by atomic mass is 10.4. The van der Waals surface area contributed by atoms with E-state index in [0.29, 0.717) is 0 Å². The number of aliphatic carboxylic acids is 1. The van der Waals surface area contributed by atoms with E-state index < -0.39 is 16.0 Å². The van der Waals surface area contributed by atoms with Gasteiger partial charge in [-0.25, -0.2) is 13.1 Å². The smallest absolute Gasteiger partial charge is 0.304 e. The van der Waals surface area contributed by atoms with Gasteiger partial charge in [0.15, 0.2) is 0 Å². The minimum Gasteiger partial charge on any atom is -0.481 e. The van der Waals surface area contributed by atoms with Gasteiger partial charge in [0.2, 0.25) is 10.0 Å². The van der Waals surface area contributed by atoms with Crippen LogP contribution in [-0.4, -0.2) is 31.3 Å². The van der Waals surface area contributed by atoms with Crippen LogP contribution in [0.2, 0.25) is 0 Å². The molecule has 72 valence electrons. The van der Waals surface area contributed by atoms with E-state index in [1.807, 2.05) is 0 Å². The molecule has 0 atom stereocenters. The number of carboxylic acid groups (broad SMARTS) is 1. The Morgan fingerprint density at radius 1 is 1.50 bits per heavy atom. The standard InChI is InChI=1S/C6H13NO4S/c1-5(2)7-12(10,11)4-3-6(8)9/h5,7H,3-4H2,1-2H3,(H,8,9). The second-order valence-corrected chi connectivity index (χ2v) is 4.61. The van der Waals surface area contributed by atoms with Crippen molar-refractivity contribution in [2.75, 3.05) is 5.75 Å². The van der Waals surface area contributed by atoms with Crippen molar-refractivity contribution in [3.8, 4) is 0 Å². The maximum atomic E-state index is 11.0. The number of carbonyl (C=O) groups is 1. The first-order valence-electron chi connectivity index (χ1n) is 3.55. The minimum absolute atomic E-state index is 0.191. The van der Waals surface area contributed by atoms with Gasteiger partial charge >= 0.3 is 5.97 Å². The second kappa shape index (κ2) is 4.42. The number of rotatable bonds is 5. The Morgan fingerprint density at radius 3 is 2.33 bits per heavy atom. The zero-order valence-electron chi connectivity index (χ0n) is 7.07. The average Bonchev–Trinajstić information content (AvgIpc) is 1.81. The Labute approximate surface area is 71.8 Å². The number of sulfonamides is 1. The van der Waals surface area contributed by atoms with Gasteiger partial charge in [-0.3, -0.25) is 4.79 Å². The summed E-state index contributed by atoms with van der Waals surface area (Å²) in [4.78, 5) is 10.0. The SMILES string of the molecule is CC(C)NS(=O)(=O)CCC(=O)O. The quantitative estimate of drug-likeness (QED) is 0.635. The Bertz CT molecular complexity index is 244. The monoisotopic (exact) mass is 195 g/mol. The van der Waals surface area contributed by atoms with Crippen LogP contribution in [0.4, 0.5) is 0 Å². The fourth-order valence-corrected chi connectivity index (χ4v) is 1.92. The normalized spacial score (nSPS) is 11.9. The Kier molecular flexibility index (Phi) is 4.19. The van der Waals surface area contributed by atoms with E-state index in [0.717, 1.165) is 0 Å². The number of nitrogens with one attached hydrogen (secondary N) is 1. The molecule has 0 heterocycles. The zero-order chi connectivity index (χ0) is 9.78. The Balaban J connectivity index is 3.98. The fraction of sp³-hybridized carbons (Fsp3) is 0.833. The van der Waals surface area contributed by atoms with Gasteiger partial charge in [0, 0.05) is 6.04 Å². The summed E-state index contributed by atoms with van der Waals surface area (Å²) in [6.07, 6.45) is -0.359. The van der Waals surface area contributed by atoms with E-state index in [-0.39, 0.29) is 18.2 Å². The summed E-state index contributed by atoms with van der Waals surface area (Å²) in [5.41, 5.74) is 0. The second-order valence-electron chi connectivity index (χ2n) is 2.74. The van der Waals surface area contributed by atoms with Crippen LogP contribution >= 0.6 is 0 Å². The molecule has 0 aromatic heterocycles. The highest BCUT2D eigenvalue weighted by atomic mass is 32.2. The zero-order valence-corrected chi connectivity index (χ0v) is 7.89. The summed E-state index contributed by atoms with van der Waals surface area (Å²) in [5.74, 6) is -1.47. The summed E-state index contributed by atoms with van der Waals surface area (Å²) in [6, 6.07) is -0.191. The van der Waals surface area contributed by atoms with Crippen molar-refractivity contribution in [2.24, 2.45) is 0 Å². The molecule has 0 spiro atoms. The third kappa shape index (κ3) is 6.11. The van der Waals surface area contributed by atoms with E-state index in [1.165, 1.54) is 0 Å². The highest BCUT2D eigenvalue weighted by molar-refractivity contribution is 7.89. The Morgan fingerprint density at radius 2 is 2.00 bits per heavy atom. The van der Waals surface area contributed by atoms with E-state index in [2.05, 4.69) is 4.72 Å². The molecule has 0 rings (SSSR count). The molecule has 0 bridgehead atoms. The highest BCUT2D eigenvalue weighted by Gasteiger charge is 2.13. The van der Waals surface area contributed by atoms with Crippen LogP contribution < -0.4 is 4.72 Å². The Hall–Kier alpha value is -0.620. The third-order valence-corrected chi connectivity index (χ3v) is 2.57. The molecule has 0 radical (unpaired) electrons. The van der Waals surface area contributed by atoms with Crippen molar-refractivity contribution < 1.29 is 18.3 Å². The lowest BCUT2D eigenvalue weighted by Gasteiger charge is -2.07. The largest absolute Gasteiger partial charge is 0.481 e. The molecule has 0 aliphatic rings. The van der Waals surface area contributed by atoms with E-state index >= 15 is 0 Å². The molecular formula is C6H13NO4S. The molecule has 0 aliphatic carbocycles. The van der Waals surface area contributed by atoms with Crippen LogP contribution in [0.25, 0.3) is 0 Å². The molecule has 0 unspecified atom stereocenters. The lowest BCUT2D eigenvalue weighted by molar-refractivity contribution is -0.136. The van der Waals surface area contributed by atoms with Crippen LogP contribution in [0, 0.1) is 0 Å². The summed E-state index contributed by atoms with van der Waals surface area (Å²) >= 11 is 0. The summed E-state index contributed by atoms with van der Waals surface area (Å²) in [5, 5.41) is 8.22. The number of hydrogen-bond acceptors (Lipinski definition) is 3. The molecular weight excluding hydrogens is 182 g/mol. The highest BCUT2D eigenvalue weighted by Crippen LogP contribution is 1.91. The van der Waals surface area contributed by atoms with Crippen LogP contribution in [-0.2, 0) is 14.8 Å². The third-order valence-electron chi connectivity index (χ3n) is 1.000. The van der Waals surface area contributed by atoms with Crippen molar-refractivity contribution in [3.05, 3.63) is 0 Å². The van der Waals surface area contributed by atoms with Crippen molar-refractivity contribution in [1.29, 1.82) is 0 Å². The fourth-order valence-electron chi connectivity index (χ4n) is 0.640. The van der Waals surface area contributed by atoms with Crippen LogP contribution in [0.3, 0.4) is 0 Å². The molecule has 0 amide bonds. The van der Waals surface area contributed by atoms with Gasteiger partial charge in [-0.1, -0.05) is 0 Å². The maximum absolute atomic E-state index is 11.0. The molecule has 5 nitrogen and oxygen atoms in total. The van der Waals surface area contributed by atoms with Gasteiger partial charge in [0.25, 0.3) is 0 Å². The first kappa shape index (κ1) is 11.4. The molecule has 6 heteroatoms. The van der Waals surface area contributed by atoms with Crippen molar-refractivity contribution in [2.45, 2.75) is 26.3 Å². The van der Waals surface area contributed by atoms with Gasteiger partial charge in [-0.15, -0.1) is 0 Å². The first-order chi connectivity index (χ1) is 5.33. The van der Waals surface area contributed by atoms with E-state index in [9.17, 15) is 13.2 Å². The van der Waals surface area contributed by atoms with E-state index in [1.54, 1.807) is 13.8 Å². The van der Waals surface area contributed by atoms with Crippen molar-refractivity contribution in [3.63, 3.8) is 0 Å².